The first-order valence-corrected chi connectivity index (χ1v) is 4.50. The first-order valence-electron chi connectivity index (χ1n) is 4.50. The number of hydrogen-bond acceptors (Lipinski definition) is 1. The van der Waals surface area contributed by atoms with Crippen molar-refractivity contribution < 1.29 is 4.74 Å². The van der Waals surface area contributed by atoms with Crippen molar-refractivity contribution in [2.45, 2.75) is 27.7 Å². The van der Waals surface area contributed by atoms with E-state index in [2.05, 4.69) is 26.5 Å². The van der Waals surface area contributed by atoms with Crippen LogP contribution in [0.25, 0.3) is 0 Å². The second-order valence-corrected chi connectivity index (χ2v) is 3.71. The third kappa shape index (κ3) is 3.97. The van der Waals surface area contributed by atoms with Crippen LogP contribution < -0.4 is 0 Å². The van der Waals surface area contributed by atoms with Gasteiger partial charge in [-0.05, 0) is 25.5 Å². The van der Waals surface area contributed by atoms with E-state index in [-0.39, 0.29) is 5.41 Å². The maximum Gasteiger partial charge on any atom is 0.117 e. The van der Waals surface area contributed by atoms with E-state index >= 15 is 0 Å². The Balaban J connectivity index is 4.76. The Morgan fingerprint density at radius 1 is 1.38 bits per heavy atom. The molecule has 1 heteroatoms. The minimum absolute atomic E-state index is 0.0247. The van der Waals surface area contributed by atoms with Gasteiger partial charge in [0.15, 0.2) is 0 Å². The van der Waals surface area contributed by atoms with E-state index in [0.29, 0.717) is 0 Å². The van der Waals surface area contributed by atoms with Crippen molar-refractivity contribution in [1.82, 2.24) is 0 Å². The van der Waals surface area contributed by atoms with Gasteiger partial charge >= 0.3 is 0 Å². The summed E-state index contributed by atoms with van der Waals surface area (Å²) in [5.74, 6) is 0.926. The van der Waals surface area contributed by atoms with Crippen LogP contribution in [0.5, 0.6) is 0 Å². The maximum atomic E-state index is 5.21. The first-order chi connectivity index (χ1) is 5.96. The molecule has 0 radical (unpaired) electrons. The molecule has 0 rings (SSSR count). The van der Waals surface area contributed by atoms with Crippen LogP contribution in [0.3, 0.4) is 0 Å². The Labute approximate surface area is 81.8 Å². The summed E-state index contributed by atoms with van der Waals surface area (Å²) in [7, 11) is 1.69. The molecule has 0 aliphatic heterocycles. The van der Waals surface area contributed by atoms with E-state index in [1.165, 1.54) is 0 Å². The van der Waals surface area contributed by atoms with Crippen LogP contribution in [-0.2, 0) is 4.74 Å². The Bertz CT molecular complexity index is 232. The number of hydrogen-bond donors (Lipinski definition) is 0. The maximum absolute atomic E-state index is 5.21. The molecule has 0 aromatic carbocycles. The standard InChI is InChI=1S/C12H20O/c1-7-11(13-6)10(3)9-12(4,5)8-2/h7-9H,2H2,1,3-6H3/b10-9-,11-7?. The molecule has 0 unspecified atom stereocenters. The highest BCUT2D eigenvalue weighted by atomic mass is 16.5. The average molecular weight is 180 g/mol. The number of rotatable bonds is 4. The lowest BCUT2D eigenvalue weighted by Gasteiger charge is -2.16. The topological polar surface area (TPSA) is 9.23 Å². The van der Waals surface area contributed by atoms with Gasteiger partial charge in [0, 0.05) is 5.41 Å². The summed E-state index contributed by atoms with van der Waals surface area (Å²) in [6.45, 7) is 12.0. The number of ether oxygens (including phenoxy) is 1. The lowest BCUT2D eigenvalue weighted by molar-refractivity contribution is 0.299. The SMILES string of the molecule is C=CC(C)(C)/C=C(/C)C(=CC)OC. The van der Waals surface area contributed by atoms with Crippen LogP contribution in [0.15, 0.2) is 36.1 Å². The fourth-order valence-corrected chi connectivity index (χ4v) is 1.19. The molecule has 0 N–H and O–H groups in total. The van der Waals surface area contributed by atoms with Gasteiger partial charge < -0.3 is 4.74 Å². The van der Waals surface area contributed by atoms with Crippen LogP contribution in [0, 0.1) is 5.41 Å². The van der Waals surface area contributed by atoms with Crippen LogP contribution in [-0.4, -0.2) is 7.11 Å². The van der Waals surface area contributed by atoms with Crippen molar-refractivity contribution in [2.75, 3.05) is 7.11 Å². The van der Waals surface area contributed by atoms with Crippen molar-refractivity contribution in [3.63, 3.8) is 0 Å². The minimum Gasteiger partial charge on any atom is -0.497 e. The van der Waals surface area contributed by atoms with Crippen LogP contribution >= 0.6 is 0 Å². The summed E-state index contributed by atoms with van der Waals surface area (Å²) in [5.41, 5.74) is 1.17. The lowest BCUT2D eigenvalue weighted by atomic mass is 9.91. The fourth-order valence-electron chi connectivity index (χ4n) is 1.19. The van der Waals surface area contributed by atoms with E-state index in [0.717, 1.165) is 11.3 Å². The van der Waals surface area contributed by atoms with E-state index < -0.39 is 0 Å². The Morgan fingerprint density at radius 3 is 2.23 bits per heavy atom. The second kappa shape index (κ2) is 4.90. The van der Waals surface area contributed by atoms with Crippen molar-refractivity contribution in [2.24, 2.45) is 5.41 Å². The van der Waals surface area contributed by atoms with Crippen molar-refractivity contribution >= 4 is 0 Å². The summed E-state index contributed by atoms with van der Waals surface area (Å²) < 4.78 is 5.21. The number of methoxy groups -OCH3 is 1. The Kier molecular flexibility index (Phi) is 4.53. The predicted molar refractivity (Wildman–Crippen MR) is 58.5 cm³/mol. The van der Waals surface area contributed by atoms with Crippen LogP contribution in [0.4, 0.5) is 0 Å². The molecule has 0 aliphatic rings. The van der Waals surface area contributed by atoms with Gasteiger partial charge in [0.05, 0.1) is 7.11 Å². The molecule has 13 heavy (non-hydrogen) atoms. The van der Waals surface area contributed by atoms with Gasteiger partial charge in [0.25, 0.3) is 0 Å². The van der Waals surface area contributed by atoms with Gasteiger partial charge in [-0.3, -0.25) is 0 Å². The fraction of sp³-hybridized carbons (Fsp3) is 0.500. The largest absolute Gasteiger partial charge is 0.497 e. The highest BCUT2D eigenvalue weighted by molar-refractivity contribution is 5.26. The predicted octanol–water partition coefficient (Wildman–Crippen LogP) is 3.70. The van der Waals surface area contributed by atoms with Crippen molar-refractivity contribution in [3.05, 3.63) is 36.1 Å². The van der Waals surface area contributed by atoms with E-state index in [9.17, 15) is 0 Å². The molecule has 0 atom stereocenters. The second-order valence-electron chi connectivity index (χ2n) is 3.71. The molecule has 0 aliphatic carbocycles. The number of allylic oxidation sites excluding steroid dienone is 4. The molecule has 74 valence electrons. The van der Waals surface area contributed by atoms with Crippen LogP contribution in [0.1, 0.15) is 27.7 Å². The zero-order chi connectivity index (χ0) is 10.5. The van der Waals surface area contributed by atoms with Crippen molar-refractivity contribution in [3.8, 4) is 0 Å². The molecule has 0 aromatic heterocycles. The highest BCUT2D eigenvalue weighted by Crippen LogP contribution is 2.23. The average Bonchev–Trinajstić information content (AvgIpc) is 2.06. The third-order valence-corrected chi connectivity index (χ3v) is 1.99. The van der Waals surface area contributed by atoms with Gasteiger partial charge in [-0.25, -0.2) is 0 Å². The monoisotopic (exact) mass is 180 g/mol. The first kappa shape index (κ1) is 12.0. The molecule has 0 bridgehead atoms. The molecule has 0 saturated heterocycles. The molecule has 0 spiro atoms. The zero-order valence-corrected chi connectivity index (χ0v) is 9.35. The quantitative estimate of drug-likeness (QED) is 0.364. The molecule has 0 amide bonds. The summed E-state index contributed by atoms with van der Waals surface area (Å²) in [4.78, 5) is 0. The zero-order valence-electron chi connectivity index (χ0n) is 9.35. The molecule has 1 nitrogen and oxygen atoms in total. The van der Waals surface area contributed by atoms with Crippen molar-refractivity contribution in [1.29, 1.82) is 0 Å². The highest BCUT2D eigenvalue weighted by Gasteiger charge is 2.10. The van der Waals surface area contributed by atoms with E-state index in [4.69, 9.17) is 4.74 Å². The Hall–Kier alpha value is -0.980. The van der Waals surface area contributed by atoms with Gasteiger partial charge in [-0.1, -0.05) is 26.0 Å². The van der Waals surface area contributed by atoms with E-state index in [1.807, 2.05) is 26.0 Å². The molecule has 0 aromatic rings. The van der Waals surface area contributed by atoms with Gasteiger partial charge in [-0.2, -0.15) is 0 Å². The molecular formula is C12H20O. The van der Waals surface area contributed by atoms with Crippen LogP contribution in [0.2, 0.25) is 0 Å². The van der Waals surface area contributed by atoms with Gasteiger partial charge in [0.1, 0.15) is 5.76 Å². The third-order valence-electron chi connectivity index (χ3n) is 1.99. The molecule has 0 heterocycles. The minimum atomic E-state index is 0.0247. The van der Waals surface area contributed by atoms with E-state index in [1.54, 1.807) is 7.11 Å². The van der Waals surface area contributed by atoms with Gasteiger partial charge in [-0.15, -0.1) is 6.58 Å². The molecule has 0 fully saturated rings. The summed E-state index contributed by atoms with van der Waals surface area (Å²) in [6.07, 6.45) is 6.04. The smallest absolute Gasteiger partial charge is 0.117 e. The molecule has 0 saturated carbocycles. The molecular weight excluding hydrogens is 160 g/mol. The summed E-state index contributed by atoms with van der Waals surface area (Å²) in [6, 6.07) is 0. The summed E-state index contributed by atoms with van der Waals surface area (Å²) in [5, 5.41) is 0. The summed E-state index contributed by atoms with van der Waals surface area (Å²) >= 11 is 0. The normalized spacial score (nSPS) is 14.2. The van der Waals surface area contributed by atoms with Gasteiger partial charge in [0.2, 0.25) is 0 Å². The lowest BCUT2D eigenvalue weighted by Crippen LogP contribution is -2.04. The Morgan fingerprint density at radius 2 is 1.92 bits per heavy atom.